The second-order valence-electron chi connectivity index (χ2n) is 8.35. The minimum absolute atomic E-state index is 0.0846. The van der Waals surface area contributed by atoms with Gasteiger partial charge in [0.05, 0.1) is 37.3 Å². The van der Waals surface area contributed by atoms with Crippen LogP contribution in [0.1, 0.15) is 34.8 Å². The molecule has 0 spiro atoms. The molecule has 1 N–H and O–H groups in total. The van der Waals surface area contributed by atoms with Crippen LogP contribution < -0.4 is 20.0 Å². The topological polar surface area (TPSA) is 92.5 Å². The molecule has 2 saturated heterocycles. The van der Waals surface area contributed by atoms with Crippen molar-refractivity contribution in [2.24, 2.45) is 0 Å². The second-order valence-corrected chi connectivity index (χ2v) is 8.35. The van der Waals surface area contributed by atoms with Crippen molar-refractivity contribution in [3.05, 3.63) is 63.8 Å². The number of benzene rings is 2. The maximum Gasteiger partial charge on any atom is 0.335 e. The highest BCUT2D eigenvalue weighted by Crippen LogP contribution is 2.40. The van der Waals surface area contributed by atoms with E-state index in [0.717, 1.165) is 36.4 Å². The van der Waals surface area contributed by atoms with Crippen molar-refractivity contribution >= 4 is 28.5 Å². The number of rotatable bonds is 5. The smallest absolute Gasteiger partial charge is 0.335 e. The van der Waals surface area contributed by atoms with Crippen LogP contribution in [0.25, 0.3) is 11.0 Å². The molecule has 5 rings (SSSR count). The van der Waals surface area contributed by atoms with Crippen molar-refractivity contribution in [3.63, 3.8) is 0 Å². The van der Waals surface area contributed by atoms with Gasteiger partial charge in [-0.25, -0.2) is 4.79 Å². The van der Waals surface area contributed by atoms with Gasteiger partial charge in [0, 0.05) is 43.0 Å². The Kier molecular flexibility index (Phi) is 5.68. The Morgan fingerprint density at radius 3 is 2.70 bits per heavy atom. The van der Waals surface area contributed by atoms with Crippen LogP contribution in [0.4, 0.5) is 11.6 Å². The Labute approximate surface area is 190 Å². The van der Waals surface area contributed by atoms with E-state index in [9.17, 15) is 14.7 Å². The highest BCUT2D eigenvalue weighted by atomic mass is 16.5. The molecule has 2 aliphatic rings. The zero-order valence-corrected chi connectivity index (χ0v) is 18.5. The van der Waals surface area contributed by atoms with Crippen LogP contribution in [0, 0.1) is 0 Å². The number of methoxy groups -OCH3 is 1. The lowest BCUT2D eigenvalue weighted by molar-refractivity contribution is 0.0697. The monoisotopic (exact) mass is 450 g/mol. The normalized spacial score (nSPS) is 18.6. The number of carbonyl (C=O) groups is 1. The summed E-state index contributed by atoms with van der Waals surface area (Å²) in [6.07, 6.45) is 1.76. The summed E-state index contributed by atoms with van der Waals surface area (Å²) in [5, 5.41) is 10.0. The number of carboxylic acid groups (broad SMARTS) is 1. The van der Waals surface area contributed by atoms with Crippen LogP contribution in [-0.4, -0.2) is 51.0 Å². The van der Waals surface area contributed by atoms with Crippen molar-refractivity contribution in [2.45, 2.75) is 18.9 Å². The Morgan fingerprint density at radius 1 is 1.12 bits per heavy atom. The Balaban J connectivity index is 1.66. The van der Waals surface area contributed by atoms with Gasteiger partial charge in [-0.2, -0.15) is 0 Å². The number of aromatic carboxylic acids is 1. The number of nitrogens with zero attached hydrogens (tertiary/aromatic N) is 2. The van der Waals surface area contributed by atoms with Crippen LogP contribution >= 0.6 is 0 Å². The summed E-state index contributed by atoms with van der Waals surface area (Å²) in [4.78, 5) is 29.2. The third kappa shape index (κ3) is 4.02. The quantitative estimate of drug-likeness (QED) is 0.629. The minimum atomic E-state index is -1.07. The minimum Gasteiger partial charge on any atom is -0.497 e. The van der Waals surface area contributed by atoms with Gasteiger partial charge in [-0.05, 0) is 37.1 Å². The largest absolute Gasteiger partial charge is 0.497 e. The average molecular weight is 450 g/mol. The molecule has 2 aliphatic heterocycles. The van der Waals surface area contributed by atoms with E-state index < -0.39 is 5.97 Å². The zero-order chi connectivity index (χ0) is 22.9. The molecule has 0 radical (unpaired) electrons. The van der Waals surface area contributed by atoms with Crippen LogP contribution in [0.15, 0.2) is 51.7 Å². The number of hydrogen-bond donors (Lipinski definition) is 1. The maximum absolute atomic E-state index is 13.1. The molecular formula is C25H26N2O6. The summed E-state index contributed by atoms with van der Waals surface area (Å²) in [6.45, 7) is 3.22. The fraction of sp³-hybridized carbons (Fsp3) is 0.360. The number of morpholine rings is 1. The van der Waals surface area contributed by atoms with Gasteiger partial charge in [0.25, 0.3) is 0 Å². The predicted octanol–water partition coefficient (Wildman–Crippen LogP) is 3.68. The van der Waals surface area contributed by atoms with Gasteiger partial charge >= 0.3 is 5.97 Å². The predicted molar refractivity (Wildman–Crippen MR) is 125 cm³/mol. The van der Waals surface area contributed by atoms with Crippen molar-refractivity contribution in [1.82, 2.24) is 0 Å². The third-order valence-electron chi connectivity index (χ3n) is 6.41. The van der Waals surface area contributed by atoms with Crippen LogP contribution in [0.2, 0.25) is 0 Å². The molecule has 8 nitrogen and oxygen atoms in total. The number of fused-ring (bicyclic) bond motifs is 1. The van der Waals surface area contributed by atoms with Crippen molar-refractivity contribution in [2.75, 3.05) is 49.8 Å². The van der Waals surface area contributed by atoms with Gasteiger partial charge in [0.15, 0.2) is 11.3 Å². The highest BCUT2D eigenvalue weighted by Gasteiger charge is 2.31. The number of ether oxygens (including phenoxy) is 2. The van der Waals surface area contributed by atoms with Gasteiger partial charge in [-0.1, -0.05) is 6.07 Å². The van der Waals surface area contributed by atoms with E-state index in [-0.39, 0.29) is 17.0 Å². The first-order valence-corrected chi connectivity index (χ1v) is 11.1. The van der Waals surface area contributed by atoms with Gasteiger partial charge in [0.2, 0.25) is 0 Å². The lowest BCUT2D eigenvalue weighted by Gasteiger charge is -2.29. The maximum atomic E-state index is 13.1. The average Bonchev–Trinajstić information content (AvgIpc) is 3.34. The lowest BCUT2D eigenvalue weighted by Crippen LogP contribution is -2.36. The first kappa shape index (κ1) is 21.3. The standard InChI is InChI=1S/C25H26N2O6/c1-31-18-5-2-4-17(14-18)27-7-3-6-21(27)19-12-16(25(29)30)13-20-22(28)15-23(33-24(19)20)26-8-10-32-11-9-26/h2,4-5,12-15,21H,3,6-11H2,1H3,(H,29,30). The Bertz CT molecular complexity index is 1250. The van der Waals surface area contributed by atoms with Gasteiger partial charge in [-0.15, -0.1) is 0 Å². The second kappa shape index (κ2) is 8.78. The Morgan fingerprint density at radius 2 is 1.94 bits per heavy atom. The summed E-state index contributed by atoms with van der Waals surface area (Å²) >= 11 is 0. The third-order valence-corrected chi connectivity index (χ3v) is 6.41. The van der Waals surface area contributed by atoms with Crippen LogP contribution in [0.5, 0.6) is 5.75 Å². The SMILES string of the molecule is COc1cccc(N2CCCC2c2cc(C(=O)O)cc3c(=O)cc(N4CCOCC4)oc23)c1. The molecule has 2 fully saturated rings. The molecule has 0 aliphatic carbocycles. The van der Waals surface area contributed by atoms with Gasteiger partial charge in [0.1, 0.15) is 11.3 Å². The summed E-state index contributed by atoms with van der Waals surface area (Å²) in [7, 11) is 1.63. The molecule has 3 aromatic rings. The molecule has 1 unspecified atom stereocenters. The van der Waals surface area contributed by atoms with Crippen molar-refractivity contribution in [1.29, 1.82) is 0 Å². The molecular weight excluding hydrogens is 424 g/mol. The van der Waals surface area contributed by atoms with Crippen LogP contribution in [0.3, 0.4) is 0 Å². The van der Waals surface area contributed by atoms with E-state index in [2.05, 4.69) is 4.90 Å². The lowest BCUT2D eigenvalue weighted by atomic mass is 9.98. The number of hydrogen-bond acceptors (Lipinski definition) is 7. The van der Waals surface area contributed by atoms with E-state index in [4.69, 9.17) is 13.9 Å². The van der Waals surface area contributed by atoms with E-state index in [0.29, 0.717) is 43.2 Å². The van der Waals surface area contributed by atoms with Crippen molar-refractivity contribution in [3.8, 4) is 5.75 Å². The molecule has 172 valence electrons. The summed E-state index contributed by atoms with van der Waals surface area (Å²) < 4.78 is 17.1. The summed E-state index contributed by atoms with van der Waals surface area (Å²) in [5.74, 6) is 0.176. The fourth-order valence-electron chi connectivity index (χ4n) is 4.77. The summed E-state index contributed by atoms with van der Waals surface area (Å²) in [6, 6.07) is 12.2. The van der Waals surface area contributed by atoms with E-state index in [1.165, 1.54) is 12.1 Å². The number of carboxylic acids is 1. The van der Waals surface area contributed by atoms with Gasteiger partial charge < -0.3 is 28.8 Å². The van der Waals surface area contributed by atoms with Gasteiger partial charge in [-0.3, -0.25) is 4.79 Å². The molecule has 2 aromatic carbocycles. The zero-order valence-electron chi connectivity index (χ0n) is 18.5. The van der Waals surface area contributed by atoms with E-state index in [1.807, 2.05) is 29.2 Å². The fourth-order valence-corrected chi connectivity index (χ4v) is 4.77. The summed E-state index contributed by atoms with van der Waals surface area (Å²) in [5.41, 5.74) is 2.00. The molecule has 3 heterocycles. The van der Waals surface area contributed by atoms with Crippen molar-refractivity contribution < 1.29 is 23.8 Å². The Hall–Kier alpha value is -3.52. The molecule has 8 heteroatoms. The van der Waals surface area contributed by atoms with E-state index in [1.54, 1.807) is 13.2 Å². The molecule has 0 amide bonds. The number of anilines is 2. The molecule has 33 heavy (non-hydrogen) atoms. The first-order valence-electron chi connectivity index (χ1n) is 11.1. The first-order chi connectivity index (χ1) is 16.0. The molecule has 1 aromatic heterocycles. The molecule has 0 saturated carbocycles. The van der Waals surface area contributed by atoms with Crippen LogP contribution in [-0.2, 0) is 4.74 Å². The highest BCUT2D eigenvalue weighted by molar-refractivity contribution is 5.94. The molecule has 1 atom stereocenters. The van der Waals surface area contributed by atoms with E-state index >= 15 is 0 Å². The molecule has 0 bridgehead atoms.